The van der Waals surface area contributed by atoms with Crippen molar-refractivity contribution < 1.29 is 64.6 Å². The van der Waals surface area contributed by atoms with Gasteiger partial charge in [-0.15, -0.1) is 0 Å². The van der Waals surface area contributed by atoms with Gasteiger partial charge in [-0.3, -0.25) is 4.79 Å². The van der Waals surface area contributed by atoms with Crippen molar-refractivity contribution in [1.82, 2.24) is 5.32 Å². The second-order valence-corrected chi connectivity index (χ2v) is 21.4. The first-order valence-electron chi connectivity index (χ1n) is 31.0. The first kappa shape index (κ1) is 72.0. The molecule has 2 fully saturated rings. The number of aliphatic hydroxyl groups excluding tert-OH is 8. The fraction of sp³-hybridized carbons (Fsp3) is 0.738. The Kier molecular flexibility index (Phi) is 45.1. The van der Waals surface area contributed by atoms with Gasteiger partial charge in [-0.1, -0.05) is 214 Å². The molecular weight excluding hydrogens is 1000 g/mol. The predicted octanol–water partition coefficient (Wildman–Crippen LogP) is 11.1. The van der Waals surface area contributed by atoms with Crippen LogP contribution in [0.3, 0.4) is 0 Å². The van der Waals surface area contributed by atoms with E-state index in [1.165, 1.54) is 96.3 Å². The molecule has 0 saturated carbocycles. The molecule has 14 heteroatoms. The monoisotopic (exact) mass is 1110 g/mol. The van der Waals surface area contributed by atoms with Gasteiger partial charge in [0, 0.05) is 6.42 Å². The molecule has 0 aromatic heterocycles. The largest absolute Gasteiger partial charge is 0.394 e. The summed E-state index contributed by atoms with van der Waals surface area (Å²) >= 11 is 0. The van der Waals surface area contributed by atoms with Crippen LogP contribution in [0, 0.1) is 0 Å². The van der Waals surface area contributed by atoms with Crippen molar-refractivity contribution in [3.8, 4) is 0 Å². The molecular formula is C65H111NO13. The number of carbonyl (C=O) groups excluding carboxylic acids is 1. The van der Waals surface area contributed by atoms with Crippen LogP contribution in [-0.4, -0.2) is 140 Å². The summed E-state index contributed by atoms with van der Waals surface area (Å²) in [6.45, 7) is 2.64. The van der Waals surface area contributed by atoms with E-state index in [0.717, 1.165) is 83.5 Å². The molecule has 9 N–H and O–H groups in total. The Labute approximate surface area is 477 Å². The van der Waals surface area contributed by atoms with E-state index in [4.69, 9.17) is 18.9 Å². The fourth-order valence-electron chi connectivity index (χ4n) is 9.53. The number of hydrogen-bond donors (Lipinski definition) is 9. The molecule has 454 valence electrons. The summed E-state index contributed by atoms with van der Waals surface area (Å²) in [6.07, 6.45) is 51.6. The van der Waals surface area contributed by atoms with E-state index in [0.29, 0.717) is 12.8 Å². The van der Waals surface area contributed by atoms with E-state index < -0.39 is 86.8 Å². The third kappa shape index (κ3) is 34.8. The summed E-state index contributed by atoms with van der Waals surface area (Å²) in [6, 6.07) is -0.944. The normalized spacial score (nSPS) is 25.1. The van der Waals surface area contributed by atoms with Gasteiger partial charge in [0.15, 0.2) is 12.6 Å². The topological polar surface area (TPSA) is 228 Å². The lowest BCUT2D eigenvalue weighted by Gasteiger charge is -2.46. The standard InChI is InChI=1S/C65H111NO13/c1-3-5-7-9-11-13-15-17-19-21-22-23-24-25-26-27-28-29-30-31-32-33-35-37-39-41-43-45-47-49-57(70)66-53(54(69)48-46-44-42-40-38-36-34-20-18-16-14-12-10-8-6-4-2)52-76-64-62(75)60(73)63(56(51-68)78-64)79-65-61(74)59(72)58(71)55(50-67)77-65/h5,7,11,13,17-20,22-23,25-26,38,40,46,48,53-56,58-65,67-69,71-75H,3-4,6,8-10,12,14-16,21,24,27-37,39,41-45,47,49-52H2,1-2H3,(H,66,70)/b7-5-,13-11-,19-17-,20-18+,23-22-,26-25-,40-38+,48-46+. The lowest BCUT2D eigenvalue weighted by molar-refractivity contribution is -0.359. The van der Waals surface area contributed by atoms with Crippen LogP contribution in [-0.2, 0) is 23.7 Å². The average molecular weight is 1110 g/mol. The van der Waals surface area contributed by atoms with E-state index in [-0.39, 0.29) is 18.9 Å². The predicted molar refractivity (Wildman–Crippen MR) is 318 cm³/mol. The van der Waals surface area contributed by atoms with Gasteiger partial charge in [0.25, 0.3) is 0 Å². The molecule has 12 unspecified atom stereocenters. The third-order valence-electron chi connectivity index (χ3n) is 14.5. The van der Waals surface area contributed by atoms with E-state index >= 15 is 0 Å². The molecule has 0 bridgehead atoms. The summed E-state index contributed by atoms with van der Waals surface area (Å²) < 4.78 is 22.8. The highest BCUT2D eigenvalue weighted by atomic mass is 16.7. The number of rotatable bonds is 48. The van der Waals surface area contributed by atoms with Gasteiger partial charge in [-0.2, -0.15) is 0 Å². The minimum absolute atomic E-state index is 0.259. The van der Waals surface area contributed by atoms with E-state index in [1.54, 1.807) is 6.08 Å². The summed E-state index contributed by atoms with van der Waals surface area (Å²) in [5.74, 6) is -0.259. The highest BCUT2D eigenvalue weighted by Crippen LogP contribution is 2.30. The van der Waals surface area contributed by atoms with E-state index in [9.17, 15) is 45.6 Å². The number of aliphatic hydroxyl groups is 8. The zero-order valence-electron chi connectivity index (χ0n) is 48.8. The van der Waals surface area contributed by atoms with E-state index in [1.807, 2.05) is 6.08 Å². The Morgan fingerprint density at radius 3 is 1.39 bits per heavy atom. The molecule has 2 aliphatic rings. The van der Waals surface area contributed by atoms with Crippen molar-refractivity contribution in [1.29, 1.82) is 0 Å². The van der Waals surface area contributed by atoms with Gasteiger partial charge < -0.3 is 65.1 Å². The van der Waals surface area contributed by atoms with Gasteiger partial charge in [0.2, 0.25) is 5.91 Å². The van der Waals surface area contributed by atoms with Gasteiger partial charge >= 0.3 is 0 Å². The minimum Gasteiger partial charge on any atom is -0.394 e. The quantitative estimate of drug-likeness (QED) is 0.0204. The van der Waals surface area contributed by atoms with Gasteiger partial charge in [0.05, 0.1) is 32.0 Å². The van der Waals surface area contributed by atoms with Crippen molar-refractivity contribution in [2.24, 2.45) is 0 Å². The molecule has 14 nitrogen and oxygen atoms in total. The second kappa shape index (κ2) is 49.5. The molecule has 0 radical (unpaired) electrons. The van der Waals surface area contributed by atoms with Crippen molar-refractivity contribution in [3.63, 3.8) is 0 Å². The number of ether oxygens (including phenoxy) is 4. The highest BCUT2D eigenvalue weighted by molar-refractivity contribution is 5.76. The summed E-state index contributed by atoms with van der Waals surface area (Å²) in [4.78, 5) is 13.3. The Balaban J connectivity index is 1.72. The maximum Gasteiger partial charge on any atom is 0.220 e. The van der Waals surface area contributed by atoms with Crippen LogP contribution in [0.15, 0.2) is 97.2 Å². The molecule has 2 heterocycles. The highest BCUT2D eigenvalue weighted by Gasteiger charge is 2.51. The number of nitrogens with one attached hydrogen (secondary N) is 1. The fourth-order valence-corrected chi connectivity index (χ4v) is 9.53. The van der Waals surface area contributed by atoms with Crippen molar-refractivity contribution in [2.75, 3.05) is 19.8 Å². The van der Waals surface area contributed by atoms with Crippen LogP contribution in [0.1, 0.15) is 213 Å². The molecule has 79 heavy (non-hydrogen) atoms. The second-order valence-electron chi connectivity index (χ2n) is 21.4. The van der Waals surface area contributed by atoms with Gasteiger partial charge in [0.1, 0.15) is 48.8 Å². The summed E-state index contributed by atoms with van der Waals surface area (Å²) in [5.41, 5.74) is 0. The first-order chi connectivity index (χ1) is 38.6. The molecule has 0 aromatic carbocycles. The first-order valence-corrected chi connectivity index (χ1v) is 31.0. The SMILES string of the molecule is CC/C=C\C/C=C\C/C=C\C/C=C\C/C=C\CCCCCCCCCCCCCCCC(=O)NC(COC1OC(CO)C(OC2OC(CO)C(O)C(O)C2O)C(O)C1O)C(O)/C=C/CC/C=C/CC/C=C/CCCCCCCC. The van der Waals surface area contributed by atoms with E-state index in [2.05, 4.69) is 104 Å². The molecule has 0 aliphatic carbocycles. The molecule has 2 rings (SSSR count). The van der Waals surface area contributed by atoms with Crippen LogP contribution in [0.5, 0.6) is 0 Å². The Morgan fingerprint density at radius 1 is 0.468 bits per heavy atom. The number of amides is 1. The number of hydrogen-bond acceptors (Lipinski definition) is 13. The Morgan fingerprint density at radius 2 is 0.886 bits per heavy atom. The third-order valence-corrected chi connectivity index (χ3v) is 14.5. The van der Waals surface area contributed by atoms with Crippen molar-refractivity contribution >= 4 is 5.91 Å². The van der Waals surface area contributed by atoms with Gasteiger partial charge in [-0.05, 0) is 89.9 Å². The average Bonchev–Trinajstić information content (AvgIpc) is 3.48. The summed E-state index contributed by atoms with van der Waals surface area (Å²) in [7, 11) is 0. The lowest BCUT2D eigenvalue weighted by Crippen LogP contribution is -2.65. The van der Waals surface area contributed by atoms with Gasteiger partial charge in [-0.25, -0.2) is 0 Å². The van der Waals surface area contributed by atoms with Crippen LogP contribution in [0.2, 0.25) is 0 Å². The van der Waals surface area contributed by atoms with Crippen molar-refractivity contribution in [3.05, 3.63) is 97.2 Å². The molecule has 0 spiro atoms. The number of carbonyl (C=O) groups is 1. The number of allylic oxidation sites excluding steroid dienone is 15. The Hall–Kier alpha value is -3.09. The maximum atomic E-state index is 13.3. The molecule has 12 atom stereocenters. The molecule has 1 amide bonds. The number of unbranched alkanes of at least 4 members (excludes halogenated alkanes) is 21. The maximum absolute atomic E-state index is 13.3. The van der Waals surface area contributed by atoms with Crippen LogP contribution < -0.4 is 5.32 Å². The zero-order valence-corrected chi connectivity index (χ0v) is 48.8. The molecule has 2 saturated heterocycles. The molecule has 2 aliphatic heterocycles. The van der Waals surface area contributed by atoms with Crippen LogP contribution in [0.4, 0.5) is 0 Å². The molecule has 0 aromatic rings. The van der Waals surface area contributed by atoms with Crippen molar-refractivity contribution in [2.45, 2.75) is 286 Å². The van der Waals surface area contributed by atoms with Crippen LogP contribution >= 0.6 is 0 Å². The Bertz CT molecular complexity index is 1690. The van der Waals surface area contributed by atoms with Crippen LogP contribution in [0.25, 0.3) is 0 Å². The minimum atomic E-state index is -1.80. The lowest BCUT2D eigenvalue weighted by atomic mass is 9.97. The zero-order chi connectivity index (χ0) is 57.4. The summed E-state index contributed by atoms with van der Waals surface area (Å²) in [5, 5.41) is 87.1. The smallest absolute Gasteiger partial charge is 0.220 e.